The second kappa shape index (κ2) is 6.72. The van der Waals surface area contributed by atoms with Gasteiger partial charge in [-0.05, 0) is 42.5 Å². The number of allylic oxidation sites excluding steroid dienone is 1. The number of rotatable bonds is 3. The molecular formula is C19H20F3N5. The highest BCUT2D eigenvalue weighted by molar-refractivity contribution is 5.58. The Balaban J connectivity index is 2.02. The Kier molecular flexibility index (Phi) is 4.72. The molecule has 2 aromatic rings. The topological polar surface area (TPSA) is 57.7 Å². The molecule has 0 saturated carbocycles. The van der Waals surface area contributed by atoms with Crippen molar-refractivity contribution in [2.75, 3.05) is 11.9 Å². The molecule has 0 radical (unpaired) electrons. The van der Waals surface area contributed by atoms with Crippen molar-refractivity contribution in [3.8, 4) is 6.07 Å². The van der Waals surface area contributed by atoms with E-state index in [1.165, 1.54) is 6.07 Å². The lowest BCUT2D eigenvalue weighted by Gasteiger charge is -2.43. The van der Waals surface area contributed by atoms with Gasteiger partial charge in [-0.1, -0.05) is 19.1 Å². The summed E-state index contributed by atoms with van der Waals surface area (Å²) in [7, 11) is 1.77. The Hall–Kier alpha value is -2.82. The lowest BCUT2D eigenvalue weighted by atomic mass is 9.75. The van der Waals surface area contributed by atoms with Crippen molar-refractivity contribution in [1.82, 2.24) is 15.0 Å². The summed E-state index contributed by atoms with van der Waals surface area (Å²) in [6.07, 6.45) is 2.47. The van der Waals surface area contributed by atoms with Gasteiger partial charge in [-0.3, -0.25) is 0 Å². The molecule has 0 amide bonds. The van der Waals surface area contributed by atoms with E-state index in [2.05, 4.69) is 24.2 Å². The molecule has 5 nitrogen and oxygen atoms in total. The highest BCUT2D eigenvalue weighted by Gasteiger charge is 2.37. The normalized spacial score (nSPS) is 19.3. The van der Waals surface area contributed by atoms with E-state index in [0.29, 0.717) is 5.69 Å². The Morgan fingerprint density at radius 2 is 2.07 bits per heavy atom. The highest BCUT2D eigenvalue weighted by Crippen LogP contribution is 2.41. The van der Waals surface area contributed by atoms with Crippen molar-refractivity contribution in [2.24, 2.45) is 5.41 Å². The predicted molar refractivity (Wildman–Crippen MR) is 95.7 cm³/mol. The molecule has 0 aliphatic heterocycles. The minimum absolute atomic E-state index is 0.139. The Labute approximate surface area is 155 Å². The summed E-state index contributed by atoms with van der Waals surface area (Å²) in [5.41, 5.74) is -0.0563. The van der Waals surface area contributed by atoms with Gasteiger partial charge in [-0.25, -0.2) is 4.68 Å². The van der Waals surface area contributed by atoms with Crippen LogP contribution in [0.3, 0.4) is 0 Å². The number of nitriles is 1. The molecule has 3 rings (SSSR count). The van der Waals surface area contributed by atoms with Gasteiger partial charge in [0.15, 0.2) is 0 Å². The van der Waals surface area contributed by atoms with E-state index in [-0.39, 0.29) is 17.0 Å². The molecule has 1 heterocycles. The summed E-state index contributed by atoms with van der Waals surface area (Å²) in [6, 6.07) is 5.31. The maximum atomic E-state index is 13.3. The Morgan fingerprint density at radius 3 is 2.67 bits per heavy atom. The van der Waals surface area contributed by atoms with Gasteiger partial charge in [0.25, 0.3) is 0 Å². The van der Waals surface area contributed by atoms with Gasteiger partial charge in [0.2, 0.25) is 0 Å². The van der Waals surface area contributed by atoms with E-state index in [9.17, 15) is 13.2 Å². The predicted octanol–water partition coefficient (Wildman–Crippen LogP) is 4.33. The van der Waals surface area contributed by atoms with Crippen molar-refractivity contribution >= 4 is 11.4 Å². The van der Waals surface area contributed by atoms with Gasteiger partial charge in [-0.2, -0.15) is 18.4 Å². The number of hydrogen-bond donors (Lipinski definition) is 0. The summed E-state index contributed by atoms with van der Waals surface area (Å²) in [4.78, 5) is 1.83. The number of aromatic nitrogens is 3. The van der Waals surface area contributed by atoms with E-state index in [1.54, 1.807) is 36.3 Å². The third kappa shape index (κ3) is 3.68. The van der Waals surface area contributed by atoms with Crippen molar-refractivity contribution < 1.29 is 13.2 Å². The molecule has 1 unspecified atom stereocenters. The highest BCUT2D eigenvalue weighted by atomic mass is 19.4. The molecule has 8 heteroatoms. The zero-order chi connectivity index (χ0) is 19.8. The molecule has 0 N–H and O–H groups in total. The standard InChI is InChI=1S/C19H20F3N5/c1-18(2)7-6-15(27-9-8-24-25-27)11-17(18)26(3)14-5-4-13(12-23)16(10-14)19(20,21)22/h4-5,8-11,17H,6-7H2,1-3H3. The Bertz CT molecular complexity index is 891. The number of anilines is 1. The number of alkyl halides is 3. The molecular weight excluding hydrogens is 355 g/mol. The first-order valence-corrected chi connectivity index (χ1v) is 8.55. The van der Waals surface area contributed by atoms with Crippen LogP contribution in [-0.2, 0) is 6.18 Å². The molecule has 1 aromatic carbocycles. The van der Waals surface area contributed by atoms with Crippen LogP contribution >= 0.6 is 0 Å². The minimum Gasteiger partial charge on any atom is -0.368 e. The number of benzene rings is 1. The monoisotopic (exact) mass is 375 g/mol. The van der Waals surface area contributed by atoms with Crippen LogP contribution in [0.5, 0.6) is 0 Å². The van der Waals surface area contributed by atoms with E-state index < -0.39 is 11.7 Å². The molecule has 1 atom stereocenters. The molecule has 27 heavy (non-hydrogen) atoms. The van der Waals surface area contributed by atoms with Crippen LogP contribution in [-0.4, -0.2) is 28.1 Å². The molecule has 0 saturated heterocycles. The first kappa shape index (κ1) is 19.0. The second-order valence-corrected chi connectivity index (χ2v) is 7.39. The summed E-state index contributed by atoms with van der Waals surface area (Å²) < 4.78 is 41.7. The SMILES string of the molecule is CN(c1ccc(C#N)c(C(F)(F)F)c1)C1C=C(n2ccnn2)CCC1(C)C. The smallest absolute Gasteiger partial charge is 0.368 e. The lowest BCUT2D eigenvalue weighted by Crippen LogP contribution is -2.44. The minimum atomic E-state index is -4.58. The molecule has 1 aromatic heterocycles. The van der Waals surface area contributed by atoms with Gasteiger partial charge in [0.05, 0.1) is 35.6 Å². The van der Waals surface area contributed by atoms with E-state index in [4.69, 9.17) is 5.26 Å². The molecule has 0 spiro atoms. The van der Waals surface area contributed by atoms with E-state index in [0.717, 1.165) is 24.6 Å². The average Bonchev–Trinajstić information content (AvgIpc) is 3.14. The lowest BCUT2D eigenvalue weighted by molar-refractivity contribution is -0.137. The van der Waals surface area contributed by atoms with Crippen molar-refractivity contribution in [3.63, 3.8) is 0 Å². The van der Waals surface area contributed by atoms with Crippen LogP contribution in [0, 0.1) is 16.7 Å². The average molecular weight is 375 g/mol. The maximum absolute atomic E-state index is 13.3. The molecule has 0 fully saturated rings. The number of hydrogen-bond acceptors (Lipinski definition) is 4. The number of nitrogens with zero attached hydrogens (tertiary/aromatic N) is 5. The van der Waals surface area contributed by atoms with E-state index in [1.807, 2.05) is 11.0 Å². The summed E-state index contributed by atoms with van der Waals surface area (Å²) in [6.45, 7) is 4.19. The van der Waals surface area contributed by atoms with Crippen LogP contribution in [0.2, 0.25) is 0 Å². The second-order valence-electron chi connectivity index (χ2n) is 7.39. The van der Waals surface area contributed by atoms with Crippen LogP contribution in [0.1, 0.15) is 37.8 Å². The fourth-order valence-corrected chi connectivity index (χ4v) is 3.52. The first-order valence-electron chi connectivity index (χ1n) is 8.55. The van der Waals surface area contributed by atoms with Crippen molar-refractivity contribution in [3.05, 3.63) is 47.8 Å². The molecule has 142 valence electrons. The quantitative estimate of drug-likeness (QED) is 0.801. The summed E-state index contributed by atoms with van der Waals surface area (Å²) >= 11 is 0. The van der Waals surface area contributed by atoms with Crippen molar-refractivity contribution in [1.29, 1.82) is 5.26 Å². The molecule has 0 bridgehead atoms. The van der Waals surface area contributed by atoms with Crippen LogP contribution in [0.15, 0.2) is 36.7 Å². The number of likely N-dealkylation sites (N-methyl/N-ethyl adjacent to an activating group) is 1. The van der Waals surface area contributed by atoms with E-state index >= 15 is 0 Å². The number of halogens is 3. The molecule has 1 aliphatic carbocycles. The third-order valence-corrected chi connectivity index (χ3v) is 5.15. The zero-order valence-corrected chi connectivity index (χ0v) is 15.3. The van der Waals surface area contributed by atoms with Gasteiger partial charge in [0.1, 0.15) is 0 Å². The largest absolute Gasteiger partial charge is 0.417 e. The summed E-state index contributed by atoms with van der Waals surface area (Å²) in [5, 5.41) is 16.8. The van der Waals surface area contributed by atoms with Gasteiger partial charge >= 0.3 is 6.18 Å². The Morgan fingerprint density at radius 1 is 1.33 bits per heavy atom. The molecule has 1 aliphatic rings. The van der Waals surface area contributed by atoms with Gasteiger partial charge < -0.3 is 4.90 Å². The first-order chi connectivity index (χ1) is 12.6. The fourth-order valence-electron chi connectivity index (χ4n) is 3.52. The third-order valence-electron chi connectivity index (χ3n) is 5.15. The fraction of sp³-hybridized carbons (Fsp3) is 0.421. The zero-order valence-electron chi connectivity index (χ0n) is 15.3. The van der Waals surface area contributed by atoms with Crippen LogP contribution in [0.25, 0.3) is 5.70 Å². The van der Waals surface area contributed by atoms with Crippen molar-refractivity contribution in [2.45, 2.75) is 38.9 Å². The summed E-state index contributed by atoms with van der Waals surface area (Å²) in [5.74, 6) is 0. The van der Waals surface area contributed by atoms with Gasteiger partial charge in [0, 0.05) is 18.4 Å². The maximum Gasteiger partial charge on any atom is 0.417 e. The van der Waals surface area contributed by atoms with Gasteiger partial charge in [-0.15, -0.1) is 5.10 Å². The van der Waals surface area contributed by atoms with Crippen LogP contribution in [0.4, 0.5) is 18.9 Å². The van der Waals surface area contributed by atoms with Crippen LogP contribution < -0.4 is 4.90 Å².